The predicted molar refractivity (Wildman–Crippen MR) is 113 cm³/mol. The zero-order valence-corrected chi connectivity index (χ0v) is 18.3. The van der Waals surface area contributed by atoms with Gasteiger partial charge in [0.2, 0.25) is 0 Å². The fourth-order valence-electron chi connectivity index (χ4n) is 2.90. The molecule has 0 bridgehead atoms. The maximum Gasteiger partial charge on any atom is 0.414 e. The lowest BCUT2D eigenvalue weighted by molar-refractivity contribution is -0.119. The van der Waals surface area contributed by atoms with Gasteiger partial charge in [0.05, 0.1) is 35.9 Å². The Morgan fingerprint density at radius 3 is 2.53 bits per heavy atom. The second kappa shape index (κ2) is 9.49. The topological polar surface area (TPSA) is 93.6 Å². The van der Waals surface area contributed by atoms with Crippen molar-refractivity contribution < 1.29 is 19.1 Å². The van der Waals surface area contributed by atoms with E-state index < -0.39 is 22.9 Å². The Balaban J connectivity index is 1.57. The molecule has 1 aromatic carbocycles. The molecule has 1 aliphatic rings. The van der Waals surface area contributed by atoms with Crippen LogP contribution in [0.2, 0.25) is 0 Å². The molecule has 2 aromatic rings. The van der Waals surface area contributed by atoms with Crippen LogP contribution >= 0.6 is 23.2 Å². The van der Waals surface area contributed by atoms with Gasteiger partial charge in [0.15, 0.2) is 4.84 Å². The number of benzene rings is 1. The van der Waals surface area contributed by atoms with E-state index in [0.29, 0.717) is 24.6 Å². The summed E-state index contributed by atoms with van der Waals surface area (Å²) in [6.07, 6.45) is -0.979. The Labute approximate surface area is 184 Å². The fraction of sp³-hybridized carbons (Fsp3) is 0.400. The van der Waals surface area contributed by atoms with Crippen LogP contribution in [0, 0.1) is 20.8 Å². The van der Waals surface area contributed by atoms with Gasteiger partial charge in [0, 0.05) is 5.69 Å². The highest BCUT2D eigenvalue weighted by Gasteiger charge is 2.32. The van der Waals surface area contributed by atoms with Crippen molar-refractivity contribution in [2.45, 2.75) is 38.3 Å². The summed E-state index contributed by atoms with van der Waals surface area (Å²) in [6, 6.07) is 7.08. The van der Waals surface area contributed by atoms with Crippen LogP contribution in [0.5, 0.6) is 5.75 Å². The van der Waals surface area contributed by atoms with Crippen molar-refractivity contribution >= 4 is 40.9 Å². The smallest absolute Gasteiger partial charge is 0.414 e. The number of hydrogen-bond acceptors (Lipinski definition) is 6. The molecule has 0 radical (unpaired) electrons. The van der Waals surface area contributed by atoms with Gasteiger partial charge < -0.3 is 14.8 Å². The van der Waals surface area contributed by atoms with E-state index in [-0.39, 0.29) is 6.54 Å². The van der Waals surface area contributed by atoms with Gasteiger partial charge >= 0.3 is 6.09 Å². The van der Waals surface area contributed by atoms with E-state index in [1.54, 1.807) is 24.3 Å². The molecule has 160 valence electrons. The number of cyclic esters (lactones) is 1. The fourth-order valence-corrected chi connectivity index (χ4v) is 3.06. The van der Waals surface area contributed by atoms with Gasteiger partial charge in [0.25, 0.3) is 5.91 Å². The second-order valence-corrected chi connectivity index (χ2v) is 7.97. The van der Waals surface area contributed by atoms with Crippen LogP contribution in [0.1, 0.15) is 22.8 Å². The molecule has 1 fully saturated rings. The maximum atomic E-state index is 12.1. The molecule has 0 spiro atoms. The van der Waals surface area contributed by atoms with E-state index in [2.05, 4.69) is 15.3 Å². The molecule has 0 aliphatic carbocycles. The lowest BCUT2D eigenvalue weighted by atomic mass is 10.2. The third kappa shape index (κ3) is 5.31. The van der Waals surface area contributed by atoms with Gasteiger partial charge in [-0.3, -0.25) is 19.7 Å². The Hall–Kier alpha value is -2.58. The lowest BCUT2D eigenvalue weighted by Gasteiger charge is -2.14. The number of nitrogens with zero attached hydrogens (tertiary/aromatic N) is 3. The van der Waals surface area contributed by atoms with Gasteiger partial charge in [0.1, 0.15) is 18.5 Å². The quantitative estimate of drug-likeness (QED) is 0.648. The van der Waals surface area contributed by atoms with Crippen molar-refractivity contribution in [1.29, 1.82) is 0 Å². The standard InChI is InChI=1S/C20H22Cl2N4O4/c1-11-12(2)25-17(13(3)24-11)10-29-15-6-4-14(5-7-15)26-9-16(30-20(26)28)8-23-19(27)18(21)22/h4-7,16,18H,8-10H2,1-3H3,(H,23,27)/t16-/m0/s1. The monoisotopic (exact) mass is 452 g/mol. The van der Waals surface area contributed by atoms with Gasteiger partial charge in [-0.15, -0.1) is 0 Å². The molecule has 10 heteroatoms. The first-order valence-corrected chi connectivity index (χ1v) is 10.2. The van der Waals surface area contributed by atoms with Crippen LogP contribution in [0.15, 0.2) is 24.3 Å². The van der Waals surface area contributed by atoms with Crippen LogP contribution in [-0.2, 0) is 16.1 Å². The molecular weight excluding hydrogens is 431 g/mol. The summed E-state index contributed by atoms with van der Waals surface area (Å²) in [4.78, 5) is 32.9. The highest BCUT2D eigenvalue weighted by molar-refractivity contribution is 6.53. The molecular formula is C20H22Cl2N4O4. The predicted octanol–water partition coefficient (Wildman–Crippen LogP) is 3.23. The molecule has 1 aliphatic heterocycles. The van der Waals surface area contributed by atoms with E-state index in [0.717, 1.165) is 22.8 Å². The summed E-state index contributed by atoms with van der Waals surface area (Å²) in [5.74, 6) is 0.114. The third-order valence-corrected chi connectivity index (χ3v) is 5.08. The summed E-state index contributed by atoms with van der Waals surface area (Å²) < 4.78 is 11.1. The summed E-state index contributed by atoms with van der Waals surface area (Å²) in [6.45, 7) is 6.47. The Kier molecular flexibility index (Phi) is 6.99. The van der Waals surface area contributed by atoms with Crippen LogP contribution in [-0.4, -0.2) is 46.0 Å². The summed E-state index contributed by atoms with van der Waals surface area (Å²) >= 11 is 11.0. The summed E-state index contributed by atoms with van der Waals surface area (Å²) in [5.41, 5.74) is 4.06. The van der Waals surface area contributed by atoms with E-state index in [4.69, 9.17) is 32.7 Å². The van der Waals surface area contributed by atoms with Gasteiger partial charge in [-0.2, -0.15) is 0 Å². The molecule has 2 amide bonds. The average molecular weight is 453 g/mol. The van der Waals surface area contributed by atoms with Gasteiger partial charge in [-0.25, -0.2) is 4.79 Å². The molecule has 1 atom stereocenters. The SMILES string of the molecule is Cc1nc(C)c(COc2ccc(N3C[C@H](CNC(=O)C(Cl)Cl)OC3=O)cc2)nc1C. The van der Waals surface area contributed by atoms with Crippen LogP contribution in [0.25, 0.3) is 0 Å². The number of aryl methyl sites for hydroxylation is 3. The van der Waals surface area contributed by atoms with Crippen molar-refractivity contribution in [3.05, 3.63) is 47.0 Å². The van der Waals surface area contributed by atoms with E-state index in [1.165, 1.54) is 4.90 Å². The minimum atomic E-state index is -1.16. The third-order valence-electron chi connectivity index (χ3n) is 4.68. The molecule has 0 saturated carbocycles. The number of nitrogens with one attached hydrogen (secondary N) is 1. The largest absolute Gasteiger partial charge is 0.487 e. The molecule has 8 nitrogen and oxygen atoms in total. The summed E-state index contributed by atoms with van der Waals surface area (Å²) in [5, 5.41) is 2.53. The first-order chi connectivity index (χ1) is 14.2. The zero-order chi connectivity index (χ0) is 21.8. The van der Waals surface area contributed by atoms with Crippen molar-refractivity contribution in [2.24, 2.45) is 0 Å². The van der Waals surface area contributed by atoms with Crippen LogP contribution in [0.3, 0.4) is 0 Å². The molecule has 2 heterocycles. The number of halogens is 2. The van der Waals surface area contributed by atoms with E-state index in [9.17, 15) is 9.59 Å². The normalized spacial score (nSPS) is 16.0. The molecule has 1 aromatic heterocycles. The molecule has 3 rings (SSSR count). The van der Waals surface area contributed by atoms with Gasteiger partial charge in [-0.05, 0) is 45.0 Å². The second-order valence-electron chi connectivity index (χ2n) is 6.87. The number of alkyl halides is 2. The number of amides is 2. The first-order valence-electron chi connectivity index (χ1n) is 9.32. The van der Waals surface area contributed by atoms with Crippen molar-refractivity contribution in [1.82, 2.24) is 15.3 Å². The summed E-state index contributed by atoms with van der Waals surface area (Å²) in [7, 11) is 0. The number of hydrogen-bond donors (Lipinski definition) is 1. The Morgan fingerprint density at radius 2 is 1.87 bits per heavy atom. The van der Waals surface area contributed by atoms with Crippen molar-refractivity contribution in [2.75, 3.05) is 18.0 Å². The van der Waals surface area contributed by atoms with Crippen LogP contribution < -0.4 is 15.0 Å². The number of carbonyl (C=O) groups excluding carboxylic acids is 2. The minimum absolute atomic E-state index is 0.133. The van der Waals surface area contributed by atoms with Crippen LogP contribution in [0.4, 0.5) is 10.5 Å². The zero-order valence-electron chi connectivity index (χ0n) is 16.8. The van der Waals surface area contributed by atoms with E-state index in [1.807, 2.05) is 20.8 Å². The highest BCUT2D eigenvalue weighted by atomic mass is 35.5. The van der Waals surface area contributed by atoms with Crippen molar-refractivity contribution in [3.63, 3.8) is 0 Å². The number of ether oxygens (including phenoxy) is 2. The lowest BCUT2D eigenvalue weighted by Crippen LogP contribution is -2.37. The Bertz CT molecular complexity index is 937. The number of rotatable bonds is 7. The Morgan fingerprint density at radius 1 is 1.20 bits per heavy atom. The van der Waals surface area contributed by atoms with E-state index >= 15 is 0 Å². The highest BCUT2D eigenvalue weighted by Crippen LogP contribution is 2.24. The number of anilines is 1. The number of carbonyl (C=O) groups is 2. The molecule has 1 saturated heterocycles. The number of aromatic nitrogens is 2. The first kappa shape index (κ1) is 22.1. The maximum absolute atomic E-state index is 12.1. The molecule has 1 N–H and O–H groups in total. The van der Waals surface area contributed by atoms with Crippen molar-refractivity contribution in [3.8, 4) is 5.75 Å². The molecule has 30 heavy (non-hydrogen) atoms. The minimum Gasteiger partial charge on any atom is -0.487 e. The van der Waals surface area contributed by atoms with Gasteiger partial charge in [-0.1, -0.05) is 23.2 Å². The average Bonchev–Trinajstić information content (AvgIpc) is 3.08. The molecule has 0 unspecified atom stereocenters.